The zero-order chi connectivity index (χ0) is 15.1. The smallest absolute Gasteiger partial charge is 0.236 e. The zero-order valence-corrected chi connectivity index (χ0v) is 13.0. The maximum Gasteiger partial charge on any atom is 0.236 e. The number of likely N-dealkylation sites (N-methyl/N-ethyl adjacent to an activating group) is 2. The van der Waals surface area contributed by atoms with Crippen molar-refractivity contribution in [1.29, 1.82) is 0 Å². The number of benzene rings is 1. The van der Waals surface area contributed by atoms with Crippen LogP contribution in [0.5, 0.6) is 0 Å². The first-order valence-corrected chi connectivity index (χ1v) is 7.11. The molecule has 0 saturated carbocycles. The standard InChI is InChI=1S/C15H21ClN2O2/c1-4-18(5-2)15(20)11-17(3)10-14(19)12-8-6-7-9-13(12)16/h6-9H,4-5,10-11H2,1-3H3. The molecule has 0 atom stereocenters. The van der Waals surface area contributed by atoms with Crippen LogP contribution in [0.1, 0.15) is 24.2 Å². The number of hydrogen-bond donors (Lipinski definition) is 0. The van der Waals surface area contributed by atoms with Crippen molar-refractivity contribution < 1.29 is 9.59 Å². The summed E-state index contributed by atoms with van der Waals surface area (Å²) in [6.07, 6.45) is 0. The van der Waals surface area contributed by atoms with Gasteiger partial charge in [0.1, 0.15) is 0 Å². The first-order valence-electron chi connectivity index (χ1n) is 6.73. The van der Waals surface area contributed by atoms with E-state index in [0.29, 0.717) is 23.7 Å². The minimum atomic E-state index is -0.0783. The van der Waals surface area contributed by atoms with Crippen LogP contribution in [-0.4, -0.2) is 54.7 Å². The number of halogens is 1. The Kier molecular flexibility index (Phi) is 6.68. The molecule has 0 unspecified atom stereocenters. The average molecular weight is 297 g/mol. The summed E-state index contributed by atoms with van der Waals surface area (Å²) in [4.78, 5) is 27.5. The van der Waals surface area contributed by atoms with Crippen LogP contribution in [0.3, 0.4) is 0 Å². The van der Waals surface area contributed by atoms with Crippen LogP contribution in [0, 0.1) is 0 Å². The summed E-state index contributed by atoms with van der Waals surface area (Å²) < 4.78 is 0. The number of carbonyl (C=O) groups excluding carboxylic acids is 2. The van der Waals surface area contributed by atoms with E-state index in [0.717, 1.165) is 0 Å². The molecule has 4 nitrogen and oxygen atoms in total. The maximum atomic E-state index is 12.1. The quantitative estimate of drug-likeness (QED) is 0.725. The molecule has 1 amide bonds. The highest BCUT2D eigenvalue weighted by Gasteiger charge is 2.16. The van der Waals surface area contributed by atoms with Crippen molar-refractivity contribution in [2.75, 3.05) is 33.2 Å². The van der Waals surface area contributed by atoms with Crippen molar-refractivity contribution >= 4 is 23.3 Å². The summed E-state index contributed by atoms with van der Waals surface area (Å²) in [5.74, 6) is -0.0464. The van der Waals surface area contributed by atoms with Crippen molar-refractivity contribution in [3.63, 3.8) is 0 Å². The van der Waals surface area contributed by atoms with Crippen LogP contribution in [0.4, 0.5) is 0 Å². The minimum absolute atomic E-state index is 0.0319. The molecule has 0 heterocycles. The summed E-state index contributed by atoms with van der Waals surface area (Å²) >= 11 is 5.99. The van der Waals surface area contributed by atoms with Gasteiger partial charge in [0.05, 0.1) is 18.1 Å². The van der Waals surface area contributed by atoms with E-state index in [-0.39, 0.29) is 24.8 Å². The number of amides is 1. The van der Waals surface area contributed by atoms with E-state index in [2.05, 4.69) is 0 Å². The number of hydrogen-bond acceptors (Lipinski definition) is 3. The Hall–Kier alpha value is -1.39. The van der Waals surface area contributed by atoms with Crippen LogP contribution >= 0.6 is 11.6 Å². The highest BCUT2D eigenvalue weighted by atomic mass is 35.5. The predicted molar refractivity (Wildman–Crippen MR) is 81.2 cm³/mol. The lowest BCUT2D eigenvalue weighted by molar-refractivity contribution is -0.131. The molecule has 5 heteroatoms. The Balaban J connectivity index is 2.58. The third-order valence-electron chi connectivity index (χ3n) is 3.11. The molecule has 0 bridgehead atoms. The van der Waals surface area contributed by atoms with Gasteiger partial charge in [-0.1, -0.05) is 23.7 Å². The van der Waals surface area contributed by atoms with Crippen molar-refractivity contribution in [2.24, 2.45) is 0 Å². The second-order valence-corrected chi connectivity index (χ2v) is 5.05. The molecule has 1 rings (SSSR count). The molecule has 0 spiro atoms. The van der Waals surface area contributed by atoms with Crippen LogP contribution in [0.2, 0.25) is 5.02 Å². The van der Waals surface area contributed by atoms with Crippen molar-refractivity contribution in [2.45, 2.75) is 13.8 Å². The zero-order valence-electron chi connectivity index (χ0n) is 12.2. The van der Waals surface area contributed by atoms with E-state index in [1.807, 2.05) is 13.8 Å². The molecule has 0 aliphatic rings. The molecule has 110 valence electrons. The molecule has 1 aromatic rings. The number of nitrogens with zero attached hydrogens (tertiary/aromatic N) is 2. The molecule has 0 aliphatic heterocycles. The lowest BCUT2D eigenvalue weighted by atomic mass is 10.1. The van der Waals surface area contributed by atoms with Gasteiger partial charge in [-0.05, 0) is 33.0 Å². The lowest BCUT2D eigenvalue weighted by Crippen LogP contribution is -2.40. The largest absolute Gasteiger partial charge is 0.342 e. The van der Waals surface area contributed by atoms with Crippen LogP contribution in [-0.2, 0) is 4.79 Å². The van der Waals surface area contributed by atoms with E-state index in [1.165, 1.54) is 0 Å². The highest BCUT2D eigenvalue weighted by molar-refractivity contribution is 6.34. The first kappa shape index (κ1) is 16.7. The molecule has 0 fully saturated rings. The van der Waals surface area contributed by atoms with Gasteiger partial charge in [0.2, 0.25) is 5.91 Å². The third kappa shape index (κ3) is 4.62. The van der Waals surface area contributed by atoms with E-state index >= 15 is 0 Å². The SMILES string of the molecule is CCN(CC)C(=O)CN(C)CC(=O)c1ccccc1Cl. The van der Waals surface area contributed by atoms with Crippen molar-refractivity contribution in [1.82, 2.24) is 9.80 Å². The molecule has 0 saturated heterocycles. The molecule has 0 aromatic heterocycles. The first-order chi connectivity index (χ1) is 9.49. The second-order valence-electron chi connectivity index (χ2n) is 4.64. The normalized spacial score (nSPS) is 10.7. The summed E-state index contributed by atoms with van der Waals surface area (Å²) in [7, 11) is 1.76. The third-order valence-corrected chi connectivity index (χ3v) is 3.44. The monoisotopic (exact) mass is 296 g/mol. The van der Waals surface area contributed by atoms with Crippen LogP contribution in [0.15, 0.2) is 24.3 Å². The van der Waals surface area contributed by atoms with Crippen LogP contribution < -0.4 is 0 Å². The topological polar surface area (TPSA) is 40.6 Å². The van der Waals surface area contributed by atoms with Gasteiger partial charge in [-0.3, -0.25) is 14.5 Å². The summed E-state index contributed by atoms with van der Waals surface area (Å²) in [5.41, 5.74) is 0.497. The second kappa shape index (κ2) is 8.02. The molecule has 0 aliphatic carbocycles. The fourth-order valence-electron chi connectivity index (χ4n) is 1.98. The maximum absolute atomic E-state index is 12.1. The number of ketones is 1. The molecule has 0 N–H and O–H groups in total. The Bertz CT molecular complexity index is 473. The Morgan fingerprint density at radius 1 is 1.10 bits per heavy atom. The average Bonchev–Trinajstić information content (AvgIpc) is 2.40. The van der Waals surface area contributed by atoms with E-state index in [9.17, 15) is 9.59 Å². The molecular formula is C15H21ClN2O2. The van der Waals surface area contributed by atoms with E-state index in [1.54, 1.807) is 41.1 Å². The fourth-order valence-corrected chi connectivity index (χ4v) is 2.22. The summed E-state index contributed by atoms with van der Waals surface area (Å²) in [5, 5.41) is 0.445. The van der Waals surface area contributed by atoms with Gasteiger partial charge >= 0.3 is 0 Å². The molecular weight excluding hydrogens is 276 g/mol. The number of carbonyl (C=O) groups is 2. The minimum Gasteiger partial charge on any atom is -0.342 e. The van der Waals surface area contributed by atoms with Crippen LogP contribution in [0.25, 0.3) is 0 Å². The molecule has 0 radical (unpaired) electrons. The number of Topliss-reactive ketones (excluding diaryl/α,β-unsaturated/α-hetero) is 1. The van der Waals surface area contributed by atoms with E-state index < -0.39 is 0 Å². The highest BCUT2D eigenvalue weighted by Crippen LogP contribution is 2.15. The van der Waals surface area contributed by atoms with Crippen molar-refractivity contribution in [3.05, 3.63) is 34.9 Å². The van der Waals surface area contributed by atoms with Gasteiger partial charge < -0.3 is 4.90 Å². The lowest BCUT2D eigenvalue weighted by Gasteiger charge is -2.22. The van der Waals surface area contributed by atoms with E-state index in [4.69, 9.17) is 11.6 Å². The van der Waals surface area contributed by atoms with Gasteiger partial charge in [0, 0.05) is 18.7 Å². The fraction of sp³-hybridized carbons (Fsp3) is 0.467. The van der Waals surface area contributed by atoms with Gasteiger partial charge in [-0.25, -0.2) is 0 Å². The molecule has 1 aromatic carbocycles. The van der Waals surface area contributed by atoms with Gasteiger partial charge in [-0.2, -0.15) is 0 Å². The van der Waals surface area contributed by atoms with Gasteiger partial charge in [0.25, 0.3) is 0 Å². The van der Waals surface area contributed by atoms with Crippen molar-refractivity contribution in [3.8, 4) is 0 Å². The summed E-state index contributed by atoms with van der Waals surface area (Å²) in [6, 6.07) is 6.95. The Morgan fingerprint density at radius 3 is 2.25 bits per heavy atom. The van der Waals surface area contributed by atoms with Gasteiger partial charge in [0.15, 0.2) is 5.78 Å². The molecule has 20 heavy (non-hydrogen) atoms. The number of rotatable bonds is 7. The Morgan fingerprint density at radius 2 is 1.70 bits per heavy atom. The Labute approximate surface area is 125 Å². The summed E-state index contributed by atoms with van der Waals surface area (Å²) in [6.45, 7) is 5.66. The predicted octanol–water partition coefficient (Wildman–Crippen LogP) is 2.32. The van der Waals surface area contributed by atoms with Gasteiger partial charge in [-0.15, -0.1) is 0 Å².